The van der Waals surface area contributed by atoms with E-state index in [1.807, 2.05) is 0 Å². The Morgan fingerprint density at radius 2 is 1.86 bits per heavy atom. The van der Waals surface area contributed by atoms with Crippen molar-refractivity contribution in [3.8, 4) is 0 Å². The van der Waals surface area contributed by atoms with E-state index >= 15 is 0 Å². The second-order valence-corrected chi connectivity index (χ2v) is 4.41. The van der Waals surface area contributed by atoms with Crippen molar-refractivity contribution in [2.45, 2.75) is 10.0 Å². The largest absolute Gasteiger partial charge is 0.387 e. The lowest BCUT2D eigenvalue weighted by atomic mass is 10.1. The summed E-state index contributed by atoms with van der Waals surface area (Å²) in [7, 11) is 0. The Hall–Kier alpha value is -0.560. The summed E-state index contributed by atoms with van der Waals surface area (Å²) in [4.78, 5) is 11.4. The van der Waals surface area contributed by atoms with Crippen LogP contribution in [0.25, 0.3) is 0 Å². The fraction of sp³-hybridized carbons (Fsp3) is 0.222. The van der Waals surface area contributed by atoms with Crippen molar-refractivity contribution in [1.82, 2.24) is 0 Å². The fourth-order valence-corrected chi connectivity index (χ4v) is 2.19. The maximum atomic E-state index is 12.8. The Labute approximate surface area is 92.1 Å². The summed E-state index contributed by atoms with van der Waals surface area (Å²) in [5.74, 6) is -2.46. The Morgan fingerprint density at radius 1 is 1.29 bits per heavy atom. The van der Waals surface area contributed by atoms with Gasteiger partial charge in [0.1, 0.15) is 3.92 Å². The molecule has 14 heavy (non-hydrogen) atoms. The lowest BCUT2D eigenvalue weighted by Gasteiger charge is -2.05. The molecule has 0 aromatic heterocycles. The van der Waals surface area contributed by atoms with Crippen LogP contribution in [0, 0.1) is 11.6 Å². The molecule has 0 fully saturated rings. The van der Waals surface area contributed by atoms with Gasteiger partial charge in [0.2, 0.25) is 0 Å². The number of rotatable bonds is 0. The summed E-state index contributed by atoms with van der Waals surface area (Å²) in [6.45, 7) is 0. The van der Waals surface area contributed by atoms with Crippen molar-refractivity contribution in [1.29, 1.82) is 0 Å². The Morgan fingerprint density at radius 3 is 2.50 bits per heavy atom. The van der Waals surface area contributed by atoms with Gasteiger partial charge in [0.15, 0.2) is 17.4 Å². The first-order chi connectivity index (χ1) is 6.52. The first-order valence-electron chi connectivity index (χ1n) is 3.87. The molecule has 0 heterocycles. The van der Waals surface area contributed by atoms with Crippen molar-refractivity contribution in [3.05, 3.63) is 34.9 Å². The first kappa shape index (κ1) is 9.97. The number of hydrogen-bond donors (Lipinski definition) is 1. The molecule has 2 rings (SSSR count). The minimum absolute atomic E-state index is 0.0794. The van der Waals surface area contributed by atoms with Gasteiger partial charge < -0.3 is 5.11 Å². The maximum Gasteiger partial charge on any atom is 0.179 e. The molecule has 2 atom stereocenters. The van der Waals surface area contributed by atoms with E-state index < -0.39 is 21.7 Å². The molecule has 2 unspecified atom stereocenters. The third-order valence-electron chi connectivity index (χ3n) is 2.20. The molecule has 0 amide bonds. The van der Waals surface area contributed by atoms with Crippen LogP contribution in [-0.2, 0) is 0 Å². The molecule has 0 saturated carbocycles. The van der Waals surface area contributed by atoms with Crippen LogP contribution in [0.1, 0.15) is 22.0 Å². The lowest BCUT2D eigenvalue weighted by Crippen LogP contribution is -2.11. The molecular weight excluding hydrogens is 305 g/mol. The van der Waals surface area contributed by atoms with Crippen LogP contribution in [0.5, 0.6) is 0 Å². The van der Waals surface area contributed by atoms with Crippen LogP contribution in [0.15, 0.2) is 12.1 Å². The van der Waals surface area contributed by atoms with E-state index in [0.717, 1.165) is 12.1 Å². The summed E-state index contributed by atoms with van der Waals surface area (Å²) in [6, 6.07) is 1.72. The Bertz CT molecular complexity index is 420. The third kappa shape index (κ3) is 1.26. The molecule has 74 valence electrons. The molecule has 1 aliphatic rings. The first-order valence-corrected chi connectivity index (χ1v) is 5.12. The number of carbonyl (C=O) groups is 1. The van der Waals surface area contributed by atoms with Gasteiger partial charge in [-0.3, -0.25) is 4.79 Å². The van der Waals surface area contributed by atoms with Gasteiger partial charge in [-0.25, -0.2) is 8.78 Å². The van der Waals surface area contributed by atoms with Crippen molar-refractivity contribution >= 4 is 28.4 Å². The highest BCUT2D eigenvalue weighted by atomic mass is 127. The zero-order chi connectivity index (χ0) is 10.5. The van der Waals surface area contributed by atoms with E-state index in [1.54, 1.807) is 22.6 Å². The highest BCUT2D eigenvalue weighted by Gasteiger charge is 2.37. The summed E-state index contributed by atoms with van der Waals surface area (Å²) in [6.07, 6.45) is -1.03. The maximum absolute atomic E-state index is 12.8. The molecule has 1 aromatic carbocycles. The lowest BCUT2D eigenvalue weighted by molar-refractivity contribution is 0.0954. The zero-order valence-corrected chi connectivity index (χ0v) is 8.96. The average molecular weight is 310 g/mol. The van der Waals surface area contributed by atoms with Crippen molar-refractivity contribution < 1.29 is 18.7 Å². The van der Waals surface area contributed by atoms with Crippen LogP contribution >= 0.6 is 22.6 Å². The molecule has 0 spiro atoms. The highest BCUT2D eigenvalue weighted by Crippen LogP contribution is 2.36. The van der Waals surface area contributed by atoms with Gasteiger partial charge in [0.25, 0.3) is 0 Å². The van der Waals surface area contributed by atoms with Crippen LogP contribution in [0.3, 0.4) is 0 Å². The minimum atomic E-state index is -1.06. The molecular formula is C9H5F2IO2. The predicted molar refractivity (Wildman–Crippen MR) is 53.5 cm³/mol. The number of fused-ring (bicyclic) bond motifs is 1. The monoisotopic (exact) mass is 310 g/mol. The molecule has 5 heteroatoms. The number of ketones is 1. The topological polar surface area (TPSA) is 37.3 Å². The fourth-order valence-electron chi connectivity index (χ4n) is 1.47. The van der Waals surface area contributed by atoms with Gasteiger partial charge in [0.05, 0.1) is 6.10 Å². The molecule has 2 nitrogen and oxygen atoms in total. The smallest absolute Gasteiger partial charge is 0.179 e. The van der Waals surface area contributed by atoms with Gasteiger partial charge in [-0.1, -0.05) is 22.6 Å². The van der Waals surface area contributed by atoms with E-state index in [1.165, 1.54) is 0 Å². The van der Waals surface area contributed by atoms with Crippen LogP contribution in [0.2, 0.25) is 0 Å². The number of Topliss-reactive ketones (excluding diaryl/α,β-unsaturated/α-hetero) is 1. The van der Waals surface area contributed by atoms with Gasteiger partial charge in [-0.2, -0.15) is 0 Å². The quantitative estimate of drug-likeness (QED) is 0.588. The second-order valence-electron chi connectivity index (χ2n) is 3.06. The number of benzene rings is 1. The standard InChI is InChI=1S/C9H5F2IO2/c10-5-1-3-4(2-6(5)11)9(14)7(12)8(3)13/h1-2,7-8,13H. The SMILES string of the molecule is O=C1c2cc(F)c(F)cc2C(O)C1I. The van der Waals surface area contributed by atoms with Crippen LogP contribution in [0.4, 0.5) is 8.78 Å². The molecule has 1 aromatic rings. The molecule has 0 bridgehead atoms. The second kappa shape index (κ2) is 3.23. The minimum Gasteiger partial charge on any atom is -0.387 e. The summed E-state index contributed by atoms with van der Waals surface area (Å²) in [5, 5.41) is 9.52. The van der Waals surface area contributed by atoms with E-state index in [0.29, 0.717) is 0 Å². The van der Waals surface area contributed by atoms with Crippen LogP contribution < -0.4 is 0 Å². The van der Waals surface area contributed by atoms with Crippen LogP contribution in [-0.4, -0.2) is 14.8 Å². The summed E-state index contributed by atoms with van der Waals surface area (Å²) >= 11 is 1.76. The molecule has 1 aliphatic carbocycles. The normalized spacial score (nSPS) is 25.3. The number of aliphatic hydroxyl groups is 1. The van der Waals surface area contributed by atoms with E-state index in [2.05, 4.69) is 0 Å². The van der Waals surface area contributed by atoms with Crippen molar-refractivity contribution in [3.63, 3.8) is 0 Å². The number of carbonyl (C=O) groups excluding carboxylic acids is 1. The molecule has 0 saturated heterocycles. The van der Waals surface area contributed by atoms with E-state index in [4.69, 9.17) is 0 Å². The predicted octanol–water partition coefficient (Wildman–Crippen LogP) is 2.00. The number of hydrogen-bond acceptors (Lipinski definition) is 2. The van der Waals surface area contributed by atoms with E-state index in [-0.39, 0.29) is 16.9 Å². The van der Waals surface area contributed by atoms with Crippen molar-refractivity contribution in [2.24, 2.45) is 0 Å². The highest BCUT2D eigenvalue weighted by molar-refractivity contribution is 14.1. The zero-order valence-electron chi connectivity index (χ0n) is 6.80. The molecule has 0 radical (unpaired) electrons. The van der Waals surface area contributed by atoms with E-state index in [9.17, 15) is 18.7 Å². The molecule has 1 N–H and O–H groups in total. The van der Waals surface area contributed by atoms with Crippen molar-refractivity contribution in [2.75, 3.05) is 0 Å². The van der Waals surface area contributed by atoms with Gasteiger partial charge in [-0.15, -0.1) is 0 Å². The molecule has 0 aliphatic heterocycles. The van der Waals surface area contributed by atoms with Gasteiger partial charge >= 0.3 is 0 Å². The van der Waals surface area contributed by atoms with Gasteiger partial charge in [-0.05, 0) is 17.7 Å². The number of aliphatic hydroxyl groups excluding tert-OH is 1. The average Bonchev–Trinajstić information content (AvgIpc) is 2.34. The summed E-state index contributed by atoms with van der Waals surface area (Å²) in [5.41, 5.74) is 0.254. The van der Waals surface area contributed by atoms with Gasteiger partial charge in [0, 0.05) is 5.56 Å². The summed E-state index contributed by atoms with van der Waals surface area (Å²) < 4.78 is 24.9. The number of halogens is 3. The Balaban J connectivity index is 2.65. The third-order valence-corrected chi connectivity index (χ3v) is 3.45. The number of alkyl halides is 1. The Kier molecular flexibility index (Phi) is 2.30.